The van der Waals surface area contributed by atoms with Crippen LogP contribution in [0.1, 0.15) is 25.7 Å². The summed E-state index contributed by atoms with van der Waals surface area (Å²) in [6.45, 7) is 4.57. The van der Waals surface area contributed by atoms with Crippen LogP contribution < -0.4 is 10.6 Å². The predicted octanol–water partition coefficient (Wildman–Crippen LogP) is 2.47. The van der Waals surface area contributed by atoms with Crippen molar-refractivity contribution in [1.29, 1.82) is 0 Å². The molecule has 0 saturated carbocycles. The Balaban J connectivity index is 1.50. The standard InChI is InChI=1S/C16H22N4O/c17-12-4-5-15-14(10-12)18-16(21-15)20-9-6-13(11-20)19-7-2-1-3-8-19/h4-5,10,13H,1-3,6-9,11,17H2. The van der Waals surface area contributed by atoms with E-state index in [2.05, 4.69) is 14.8 Å². The van der Waals surface area contributed by atoms with E-state index >= 15 is 0 Å². The van der Waals surface area contributed by atoms with Crippen LogP contribution in [0.4, 0.5) is 11.7 Å². The van der Waals surface area contributed by atoms with Gasteiger partial charge in [-0.1, -0.05) is 6.42 Å². The van der Waals surface area contributed by atoms with E-state index in [0.29, 0.717) is 6.04 Å². The fourth-order valence-electron chi connectivity index (χ4n) is 3.56. The molecule has 2 fully saturated rings. The number of piperidine rings is 1. The monoisotopic (exact) mass is 286 g/mol. The number of nitrogens with two attached hydrogens (primary N) is 1. The lowest BCUT2D eigenvalue weighted by Gasteiger charge is -2.31. The van der Waals surface area contributed by atoms with Gasteiger partial charge in [-0.25, -0.2) is 0 Å². The van der Waals surface area contributed by atoms with Crippen LogP contribution in [-0.4, -0.2) is 42.1 Å². The number of fused-ring (bicyclic) bond motifs is 1. The first kappa shape index (κ1) is 13.0. The summed E-state index contributed by atoms with van der Waals surface area (Å²) in [4.78, 5) is 9.51. The molecule has 2 saturated heterocycles. The third-order valence-corrected chi connectivity index (χ3v) is 4.74. The lowest BCUT2D eigenvalue weighted by molar-refractivity contribution is 0.174. The van der Waals surface area contributed by atoms with Crippen molar-refractivity contribution in [3.63, 3.8) is 0 Å². The average Bonchev–Trinajstić information content (AvgIpc) is 3.14. The van der Waals surface area contributed by atoms with Crippen LogP contribution in [-0.2, 0) is 0 Å². The molecular weight excluding hydrogens is 264 g/mol. The van der Waals surface area contributed by atoms with Crippen molar-refractivity contribution in [3.8, 4) is 0 Å². The molecule has 0 aliphatic carbocycles. The number of aromatic nitrogens is 1. The molecule has 4 rings (SSSR count). The molecule has 5 heteroatoms. The highest BCUT2D eigenvalue weighted by atomic mass is 16.4. The zero-order valence-corrected chi connectivity index (χ0v) is 12.3. The number of hydrogen-bond acceptors (Lipinski definition) is 5. The van der Waals surface area contributed by atoms with Gasteiger partial charge in [0.25, 0.3) is 6.01 Å². The molecule has 1 aromatic carbocycles. The fourth-order valence-corrected chi connectivity index (χ4v) is 3.56. The smallest absolute Gasteiger partial charge is 0.298 e. The van der Waals surface area contributed by atoms with Crippen LogP contribution in [0.2, 0.25) is 0 Å². The molecule has 2 aliphatic heterocycles. The number of rotatable bonds is 2. The summed E-state index contributed by atoms with van der Waals surface area (Å²) in [5, 5.41) is 0. The van der Waals surface area contributed by atoms with E-state index in [4.69, 9.17) is 10.2 Å². The number of hydrogen-bond donors (Lipinski definition) is 1. The van der Waals surface area contributed by atoms with Gasteiger partial charge in [-0.2, -0.15) is 4.98 Å². The maximum absolute atomic E-state index is 5.88. The summed E-state index contributed by atoms with van der Waals surface area (Å²) in [6.07, 6.45) is 5.29. The van der Waals surface area contributed by atoms with Gasteiger partial charge >= 0.3 is 0 Å². The van der Waals surface area contributed by atoms with Crippen molar-refractivity contribution in [1.82, 2.24) is 9.88 Å². The largest absolute Gasteiger partial charge is 0.423 e. The molecular formula is C16H22N4O. The van der Waals surface area contributed by atoms with E-state index in [0.717, 1.165) is 35.9 Å². The Hall–Kier alpha value is -1.75. The topological polar surface area (TPSA) is 58.5 Å². The molecule has 2 aromatic rings. The fraction of sp³-hybridized carbons (Fsp3) is 0.562. The second-order valence-electron chi connectivity index (χ2n) is 6.21. The minimum Gasteiger partial charge on any atom is -0.423 e. The van der Waals surface area contributed by atoms with Crippen LogP contribution in [0, 0.1) is 0 Å². The lowest BCUT2D eigenvalue weighted by atomic mass is 10.1. The lowest BCUT2D eigenvalue weighted by Crippen LogP contribution is -2.40. The molecule has 2 N–H and O–H groups in total. The summed E-state index contributed by atoms with van der Waals surface area (Å²) in [6, 6.07) is 7.04. The molecule has 0 spiro atoms. The first-order valence-electron chi connectivity index (χ1n) is 7.95. The number of benzene rings is 1. The van der Waals surface area contributed by atoms with Crippen molar-refractivity contribution in [2.24, 2.45) is 0 Å². The van der Waals surface area contributed by atoms with Gasteiger partial charge in [0.15, 0.2) is 5.58 Å². The molecule has 112 valence electrons. The van der Waals surface area contributed by atoms with Crippen molar-refractivity contribution in [3.05, 3.63) is 18.2 Å². The minimum atomic E-state index is 0.658. The summed E-state index contributed by atoms with van der Waals surface area (Å²) >= 11 is 0. The zero-order chi connectivity index (χ0) is 14.2. The maximum Gasteiger partial charge on any atom is 0.298 e. The van der Waals surface area contributed by atoms with Crippen molar-refractivity contribution < 1.29 is 4.42 Å². The van der Waals surface area contributed by atoms with Gasteiger partial charge in [0.1, 0.15) is 5.52 Å². The first-order valence-corrected chi connectivity index (χ1v) is 7.95. The number of nitrogens with zero attached hydrogens (tertiary/aromatic N) is 3. The summed E-state index contributed by atoms with van der Waals surface area (Å²) in [7, 11) is 0. The average molecular weight is 286 g/mol. The Bertz CT molecular complexity index is 632. The molecule has 0 bridgehead atoms. The molecule has 0 radical (unpaired) electrons. The van der Waals surface area contributed by atoms with E-state index in [1.54, 1.807) is 0 Å². The molecule has 3 heterocycles. The number of nitrogen functional groups attached to an aromatic ring is 1. The van der Waals surface area contributed by atoms with Crippen molar-refractivity contribution in [2.75, 3.05) is 36.8 Å². The van der Waals surface area contributed by atoms with Gasteiger partial charge in [0.2, 0.25) is 0 Å². The Morgan fingerprint density at radius 1 is 1.14 bits per heavy atom. The molecule has 5 nitrogen and oxygen atoms in total. The Kier molecular flexibility index (Phi) is 3.22. The quantitative estimate of drug-likeness (QED) is 0.859. The molecule has 0 amide bonds. The summed E-state index contributed by atoms with van der Waals surface area (Å²) in [5.74, 6) is 0. The number of likely N-dealkylation sites (tertiary alicyclic amines) is 1. The van der Waals surface area contributed by atoms with Gasteiger partial charge < -0.3 is 15.1 Å². The zero-order valence-electron chi connectivity index (χ0n) is 12.3. The maximum atomic E-state index is 5.88. The highest BCUT2D eigenvalue weighted by molar-refractivity contribution is 5.78. The van der Waals surface area contributed by atoms with Crippen LogP contribution in [0.5, 0.6) is 0 Å². The third-order valence-electron chi connectivity index (χ3n) is 4.74. The van der Waals surface area contributed by atoms with Crippen LogP contribution in [0.25, 0.3) is 11.1 Å². The summed E-state index contributed by atoms with van der Waals surface area (Å²) in [5.41, 5.74) is 8.21. The van der Waals surface area contributed by atoms with Crippen LogP contribution in [0.3, 0.4) is 0 Å². The normalized spacial score (nSPS) is 24.0. The SMILES string of the molecule is Nc1ccc2oc(N3CCC(N4CCCCC4)C3)nc2c1. The predicted molar refractivity (Wildman–Crippen MR) is 84.5 cm³/mol. The first-order chi connectivity index (χ1) is 10.3. The third kappa shape index (κ3) is 2.46. The molecule has 21 heavy (non-hydrogen) atoms. The van der Waals surface area contributed by atoms with E-state index in [-0.39, 0.29) is 0 Å². The van der Waals surface area contributed by atoms with E-state index in [1.165, 1.54) is 38.8 Å². The Morgan fingerprint density at radius 2 is 2.00 bits per heavy atom. The van der Waals surface area contributed by atoms with Crippen molar-refractivity contribution >= 4 is 22.8 Å². The van der Waals surface area contributed by atoms with Crippen molar-refractivity contribution in [2.45, 2.75) is 31.7 Å². The van der Waals surface area contributed by atoms with Gasteiger partial charge in [-0.3, -0.25) is 4.90 Å². The van der Waals surface area contributed by atoms with E-state index in [9.17, 15) is 0 Å². The minimum absolute atomic E-state index is 0.658. The second-order valence-corrected chi connectivity index (χ2v) is 6.21. The van der Waals surface area contributed by atoms with E-state index in [1.807, 2.05) is 18.2 Å². The molecule has 1 atom stereocenters. The molecule has 1 aromatic heterocycles. The van der Waals surface area contributed by atoms with Crippen LogP contribution >= 0.6 is 0 Å². The van der Waals surface area contributed by atoms with Gasteiger partial charge in [-0.15, -0.1) is 0 Å². The molecule has 2 aliphatic rings. The Morgan fingerprint density at radius 3 is 2.86 bits per heavy atom. The highest BCUT2D eigenvalue weighted by Crippen LogP contribution is 2.28. The number of oxazole rings is 1. The highest BCUT2D eigenvalue weighted by Gasteiger charge is 2.30. The van der Waals surface area contributed by atoms with Gasteiger partial charge in [0.05, 0.1) is 0 Å². The van der Waals surface area contributed by atoms with Gasteiger partial charge in [-0.05, 0) is 50.6 Å². The van der Waals surface area contributed by atoms with E-state index < -0.39 is 0 Å². The second kappa shape index (κ2) is 5.22. The van der Waals surface area contributed by atoms with Gasteiger partial charge in [0, 0.05) is 24.8 Å². The Labute approximate surface area is 124 Å². The number of anilines is 2. The van der Waals surface area contributed by atoms with Crippen LogP contribution in [0.15, 0.2) is 22.6 Å². The summed E-state index contributed by atoms with van der Waals surface area (Å²) < 4.78 is 5.88. The molecule has 1 unspecified atom stereocenters.